The second-order valence-corrected chi connectivity index (χ2v) is 5.58. The quantitative estimate of drug-likeness (QED) is 0.772. The van der Waals surface area contributed by atoms with Gasteiger partial charge in [-0.05, 0) is 37.8 Å². The Hall–Kier alpha value is -0.370. The van der Waals surface area contributed by atoms with Crippen LogP contribution in [0.5, 0.6) is 0 Å². The predicted octanol–water partition coefficient (Wildman–Crippen LogP) is 2.24. The van der Waals surface area contributed by atoms with E-state index in [9.17, 15) is 4.79 Å². The Morgan fingerprint density at radius 3 is 2.60 bits per heavy atom. The Kier molecular flexibility index (Phi) is 3.45. The topological polar surface area (TPSA) is 29.1 Å². The van der Waals surface area contributed by atoms with Gasteiger partial charge in [0.2, 0.25) is 0 Å². The minimum Gasteiger partial charge on any atom is -0.316 e. The van der Waals surface area contributed by atoms with Crippen LogP contribution in [0.4, 0.5) is 0 Å². The van der Waals surface area contributed by atoms with Crippen LogP contribution in [0.1, 0.15) is 39.5 Å². The summed E-state index contributed by atoms with van der Waals surface area (Å²) in [6.07, 6.45) is 4.87. The molecule has 1 heterocycles. The summed E-state index contributed by atoms with van der Waals surface area (Å²) in [5.41, 5.74) is 0. The number of Topliss-reactive ketones (excluding diaryl/α,β-unsaturated/α-hetero) is 1. The fourth-order valence-corrected chi connectivity index (χ4v) is 2.96. The number of rotatable bonds is 3. The van der Waals surface area contributed by atoms with Crippen molar-refractivity contribution in [2.75, 3.05) is 13.1 Å². The summed E-state index contributed by atoms with van der Waals surface area (Å²) >= 11 is 0. The first-order valence-corrected chi connectivity index (χ1v) is 6.43. The van der Waals surface area contributed by atoms with E-state index in [4.69, 9.17) is 0 Å². The highest BCUT2D eigenvalue weighted by atomic mass is 16.1. The lowest BCUT2D eigenvalue weighted by Gasteiger charge is -2.35. The predicted molar refractivity (Wildman–Crippen MR) is 61.7 cm³/mol. The van der Waals surface area contributed by atoms with Gasteiger partial charge in [-0.15, -0.1) is 0 Å². The molecule has 0 radical (unpaired) electrons. The van der Waals surface area contributed by atoms with E-state index in [-0.39, 0.29) is 0 Å². The third kappa shape index (κ3) is 2.41. The Morgan fingerprint density at radius 1 is 1.33 bits per heavy atom. The molecule has 0 bridgehead atoms. The SMILES string of the molecule is CC1CCCC(C(=O)C(C)C2CNC2)C1. The zero-order valence-corrected chi connectivity index (χ0v) is 9.96. The fourth-order valence-electron chi connectivity index (χ4n) is 2.96. The third-order valence-corrected chi connectivity index (χ3v) is 4.31. The lowest BCUT2D eigenvalue weighted by Crippen LogP contribution is -2.48. The van der Waals surface area contributed by atoms with Gasteiger partial charge in [0, 0.05) is 11.8 Å². The lowest BCUT2D eigenvalue weighted by atomic mass is 9.74. The monoisotopic (exact) mass is 209 g/mol. The average molecular weight is 209 g/mol. The van der Waals surface area contributed by atoms with Crippen LogP contribution in [-0.2, 0) is 4.79 Å². The summed E-state index contributed by atoms with van der Waals surface area (Å²) < 4.78 is 0. The maximum absolute atomic E-state index is 12.3. The van der Waals surface area contributed by atoms with Gasteiger partial charge in [-0.3, -0.25) is 4.79 Å². The molecule has 0 aromatic carbocycles. The van der Waals surface area contributed by atoms with Crippen LogP contribution in [0.25, 0.3) is 0 Å². The van der Waals surface area contributed by atoms with Crippen LogP contribution in [0, 0.1) is 23.7 Å². The number of carbonyl (C=O) groups is 1. The summed E-state index contributed by atoms with van der Waals surface area (Å²) in [4.78, 5) is 12.3. The highest BCUT2D eigenvalue weighted by molar-refractivity contribution is 5.83. The van der Waals surface area contributed by atoms with E-state index in [1.165, 1.54) is 12.8 Å². The number of hydrogen-bond donors (Lipinski definition) is 1. The molecule has 3 unspecified atom stereocenters. The standard InChI is InChI=1S/C13H23NO/c1-9-4-3-5-11(6-9)13(15)10(2)12-7-14-8-12/h9-12,14H,3-8H2,1-2H3. The molecule has 1 aliphatic carbocycles. The first kappa shape index (κ1) is 11.1. The molecule has 0 spiro atoms. The van der Waals surface area contributed by atoms with E-state index >= 15 is 0 Å². The van der Waals surface area contributed by atoms with Gasteiger partial charge < -0.3 is 5.32 Å². The van der Waals surface area contributed by atoms with Gasteiger partial charge >= 0.3 is 0 Å². The molecular weight excluding hydrogens is 186 g/mol. The molecule has 1 aliphatic heterocycles. The smallest absolute Gasteiger partial charge is 0.139 e. The lowest BCUT2D eigenvalue weighted by molar-refractivity contribution is -0.130. The zero-order valence-electron chi connectivity index (χ0n) is 9.96. The molecule has 86 valence electrons. The van der Waals surface area contributed by atoms with Crippen molar-refractivity contribution in [2.45, 2.75) is 39.5 Å². The third-order valence-electron chi connectivity index (χ3n) is 4.31. The van der Waals surface area contributed by atoms with Crippen LogP contribution < -0.4 is 5.32 Å². The summed E-state index contributed by atoms with van der Waals surface area (Å²) in [6, 6.07) is 0. The van der Waals surface area contributed by atoms with Crippen molar-refractivity contribution in [3.63, 3.8) is 0 Å². The second kappa shape index (κ2) is 4.65. The van der Waals surface area contributed by atoms with E-state index < -0.39 is 0 Å². The van der Waals surface area contributed by atoms with Crippen molar-refractivity contribution in [3.8, 4) is 0 Å². The van der Waals surface area contributed by atoms with Crippen LogP contribution in [0.2, 0.25) is 0 Å². The molecule has 1 saturated heterocycles. The van der Waals surface area contributed by atoms with E-state index in [0.717, 1.165) is 31.8 Å². The zero-order chi connectivity index (χ0) is 10.8. The molecule has 3 atom stereocenters. The molecule has 2 rings (SSSR count). The molecule has 1 N–H and O–H groups in total. The minimum absolute atomic E-state index is 0.293. The van der Waals surface area contributed by atoms with Crippen LogP contribution in [0.3, 0.4) is 0 Å². The summed E-state index contributed by atoms with van der Waals surface area (Å²) in [5, 5.41) is 3.26. The Labute approximate surface area is 92.8 Å². The fraction of sp³-hybridized carbons (Fsp3) is 0.923. The van der Waals surface area contributed by atoms with Crippen molar-refractivity contribution in [1.29, 1.82) is 0 Å². The van der Waals surface area contributed by atoms with Crippen molar-refractivity contribution in [3.05, 3.63) is 0 Å². The van der Waals surface area contributed by atoms with Gasteiger partial charge in [-0.25, -0.2) is 0 Å². The summed E-state index contributed by atoms with van der Waals surface area (Å²) in [6.45, 7) is 6.52. The molecule has 2 nitrogen and oxygen atoms in total. The van der Waals surface area contributed by atoms with E-state index in [1.54, 1.807) is 0 Å². The molecule has 0 aromatic heterocycles. The van der Waals surface area contributed by atoms with Crippen molar-refractivity contribution in [2.24, 2.45) is 23.7 Å². The number of carbonyl (C=O) groups excluding carboxylic acids is 1. The van der Waals surface area contributed by atoms with Gasteiger partial charge in [0.05, 0.1) is 0 Å². The second-order valence-electron chi connectivity index (χ2n) is 5.58. The van der Waals surface area contributed by atoms with Gasteiger partial charge in [0.1, 0.15) is 5.78 Å². The van der Waals surface area contributed by atoms with E-state index in [0.29, 0.717) is 23.5 Å². The van der Waals surface area contributed by atoms with Crippen LogP contribution in [0.15, 0.2) is 0 Å². The van der Waals surface area contributed by atoms with E-state index in [2.05, 4.69) is 19.2 Å². The number of nitrogens with one attached hydrogen (secondary N) is 1. The summed E-state index contributed by atoms with van der Waals surface area (Å²) in [5.74, 6) is 2.60. The van der Waals surface area contributed by atoms with Crippen molar-refractivity contribution >= 4 is 5.78 Å². The van der Waals surface area contributed by atoms with Crippen molar-refractivity contribution in [1.82, 2.24) is 5.32 Å². The first-order chi connectivity index (χ1) is 7.18. The normalized spacial score (nSPS) is 34.5. The Balaban J connectivity index is 1.88. The highest BCUT2D eigenvalue weighted by Gasteiger charge is 2.34. The van der Waals surface area contributed by atoms with Gasteiger partial charge in [-0.1, -0.05) is 26.7 Å². The van der Waals surface area contributed by atoms with E-state index in [1.807, 2.05) is 0 Å². The largest absolute Gasteiger partial charge is 0.316 e. The highest BCUT2D eigenvalue weighted by Crippen LogP contribution is 2.32. The molecule has 2 aliphatic rings. The summed E-state index contributed by atoms with van der Waals surface area (Å²) in [7, 11) is 0. The Bertz CT molecular complexity index is 235. The van der Waals surface area contributed by atoms with Gasteiger partial charge in [0.15, 0.2) is 0 Å². The first-order valence-electron chi connectivity index (χ1n) is 6.43. The van der Waals surface area contributed by atoms with Gasteiger partial charge in [0.25, 0.3) is 0 Å². The molecule has 1 saturated carbocycles. The number of hydrogen-bond acceptors (Lipinski definition) is 2. The molecule has 0 amide bonds. The average Bonchev–Trinajstić information content (AvgIpc) is 2.14. The molecule has 2 fully saturated rings. The molecule has 0 aromatic rings. The maximum Gasteiger partial charge on any atom is 0.139 e. The molecule has 15 heavy (non-hydrogen) atoms. The minimum atomic E-state index is 0.293. The molecular formula is C13H23NO. The van der Waals surface area contributed by atoms with Crippen LogP contribution in [-0.4, -0.2) is 18.9 Å². The van der Waals surface area contributed by atoms with Crippen LogP contribution >= 0.6 is 0 Å². The molecule has 2 heteroatoms. The van der Waals surface area contributed by atoms with Crippen molar-refractivity contribution < 1.29 is 4.79 Å². The maximum atomic E-state index is 12.3. The van der Waals surface area contributed by atoms with Gasteiger partial charge in [-0.2, -0.15) is 0 Å². The number of ketones is 1. The Morgan fingerprint density at radius 2 is 2.07 bits per heavy atom.